The molecule has 18 heavy (non-hydrogen) atoms. The first-order chi connectivity index (χ1) is 8.67. The smallest absolute Gasteiger partial charge is 0.234 e. The highest BCUT2D eigenvalue weighted by Gasteiger charge is 2.09. The fraction of sp³-hybridized carbons (Fsp3) is 0.500. The first-order valence-electron chi connectivity index (χ1n) is 6.41. The van der Waals surface area contributed by atoms with Crippen molar-refractivity contribution in [3.8, 4) is 0 Å². The van der Waals surface area contributed by atoms with Gasteiger partial charge in [0.15, 0.2) is 0 Å². The molecule has 3 N–H and O–H groups in total. The fourth-order valence-corrected chi connectivity index (χ4v) is 1.78. The van der Waals surface area contributed by atoms with E-state index in [-0.39, 0.29) is 5.91 Å². The maximum atomic E-state index is 11.6. The molecule has 1 rings (SSSR count). The molecule has 4 heteroatoms. The SMILES string of the molecule is CCN(CC(=O)NCCN)Cc1ccccc1C. The van der Waals surface area contributed by atoms with Crippen molar-refractivity contribution < 1.29 is 4.79 Å². The summed E-state index contributed by atoms with van der Waals surface area (Å²) in [5, 5.41) is 2.79. The van der Waals surface area contributed by atoms with Crippen LogP contribution in [0.2, 0.25) is 0 Å². The van der Waals surface area contributed by atoms with Crippen molar-refractivity contribution in [2.75, 3.05) is 26.2 Å². The zero-order valence-corrected chi connectivity index (χ0v) is 11.3. The van der Waals surface area contributed by atoms with E-state index in [1.165, 1.54) is 11.1 Å². The zero-order chi connectivity index (χ0) is 13.4. The molecule has 0 atom stereocenters. The normalized spacial score (nSPS) is 10.7. The number of hydrogen-bond acceptors (Lipinski definition) is 3. The highest BCUT2D eigenvalue weighted by Crippen LogP contribution is 2.09. The minimum atomic E-state index is 0.0379. The van der Waals surface area contributed by atoms with Gasteiger partial charge in [-0.3, -0.25) is 9.69 Å². The Kier molecular flexibility index (Phi) is 6.39. The molecule has 0 unspecified atom stereocenters. The van der Waals surface area contributed by atoms with Gasteiger partial charge >= 0.3 is 0 Å². The second kappa shape index (κ2) is 7.84. The van der Waals surface area contributed by atoms with Crippen LogP contribution in [0.3, 0.4) is 0 Å². The summed E-state index contributed by atoms with van der Waals surface area (Å²) >= 11 is 0. The van der Waals surface area contributed by atoms with Crippen LogP contribution in [0.1, 0.15) is 18.1 Å². The van der Waals surface area contributed by atoms with E-state index in [1.807, 2.05) is 12.1 Å². The van der Waals surface area contributed by atoms with E-state index in [0.29, 0.717) is 19.6 Å². The lowest BCUT2D eigenvalue weighted by Gasteiger charge is -2.20. The van der Waals surface area contributed by atoms with E-state index >= 15 is 0 Å². The van der Waals surface area contributed by atoms with Gasteiger partial charge in [-0.2, -0.15) is 0 Å². The van der Waals surface area contributed by atoms with Crippen LogP contribution in [0.15, 0.2) is 24.3 Å². The second-order valence-corrected chi connectivity index (χ2v) is 4.37. The molecule has 0 saturated carbocycles. The van der Waals surface area contributed by atoms with Gasteiger partial charge in [-0.15, -0.1) is 0 Å². The highest BCUT2D eigenvalue weighted by atomic mass is 16.2. The van der Waals surface area contributed by atoms with Crippen molar-refractivity contribution in [2.24, 2.45) is 5.73 Å². The molecular formula is C14H23N3O. The Morgan fingerprint density at radius 2 is 2.11 bits per heavy atom. The van der Waals surface area contributed by atoms with Crippen LogP contribution in [-0.2, 0) is 11.3 Å². The van der Waals surface area contributed by atoms with Crippen LogP contribution in [-0.4, -0.2) is 37.0 Å². The molecule has 0 aliphatic heterocycles. The minimum Gasteiger partial charge on any atom is -0.354 e. The summed E-state index contributed by atoms with van der Waals surface area (Å²) in [7, 11) is 0. The number of amides is 1. The summed E-state index contributed by atoms with van der Waals surface area (Å²) in [5.41, 5.74) is 7.89. The first kappa shape index (κ1) is 14.7. The van der Waals surface area contributed by atoms with Gasteiger partial charge in [0.1, 0.15) is 0 Å². The fourth-order valence-electron chi connectivity index (χ4n) is 1.78. The summed E-state index contributed by atoms with van der Waals surface area (Å²) in [6.45, 7) is 7.26. The van der Waals surface area contributed by atoms with Crippen LogP contribution in [0.4, 0.5) is 0 Å². The molecule has 0 radical (unpaired) electrons. The van der Waals surface area contributed by atoms with E-state index in [9.17, 15) is 4.79 Å². The Morgan fingerprint density at radius 3 is 2.72 bits per heavy atom. The van der Waals surface area contributed by atoms with Gasteiger partial charge in [-0.25, -0.2) is 0 Å². The molecule has 0 spiro atoms. The summed E-state index contributed by atoms with van der Waals surface area (Å²) in [4.78, 5) is 13.8. The van der Waals surface area contributed by atoms with Crippen LogP contribution in [0.5, 0.6) is 0 Å². The lowest BCUT2D eigenvalue weighted by molar-refractivity contribution is -0.122. The Hall–Kier alpha value is -1.39. The van der Waals surface area contributed by atoms with Gasteiger partial charge in [0, 0.05) is 19.6 Å². The molecule has 0 bridgehead atoms. The molecule has 1 amide bonds. The molecule has 1 aromatic rings. The Balaban J connectivity index is 2.52. The lowest BCUT2D eigenvalue weighted by atomic mass is 10.1. The van der Waals surface area contributed by atoms with Crippen LogP contribution < -0.4 is 11.1 Å². The molecule has 1 aromatic carbocycles. The number of nitrogens with zero attached hydrogens (tertiary/aromatic N) is 1. The molecular weight excluding hydrogens is 226 g/mol. The third kappa shape index (κ3) is 4.85. The number of nitrogens with one attached hydrogen (secondary N) is 1. The van der Waals surface area contributed by atoms with E-state index in [0.717, 1.165) is 13.1 Å². The number of aryl methyl sites for hydroxylation is 1. The quantitative estimate of drug-likeness (QED) is 0.754. The Bertz CT molecular complexity index is 379. The number of likely N-dealkylation sites (N-methyl/N-ethyl adjacent to an activating group) is 1. The topological polar surface area (TPSA) is 58.4 Å². The van der Waals surface area contributed by atoms with E-state index < -0.39 is 0 Å². The maximum Gasteiger partial charge on any atom is 0.234 e. The lowest BCUT2D eigenvalue weighted by Crippen LogP contribution is -2.38. The standard InChI is InChI=1S/C14H23N3O/c1-3-17(11-14(18)16-9-8-15)10-13-7-5-4-6-12(13)2/h4-7H,3,8-11,15H2,1-2H3,(H,16,18). The van der Waals surface area contributed by atoms with Crippen molar-refractivity contribution in [3.05, 3.63) is 35.4 Å². The van der Waals surface area contributed by atoms with Crippen molar-refractivity contribution in [2.45, 2.75) is 20.4 Å². The Labute approximate surface area is 109 Å². The average molecular weight is 249 g/mol. The van der Waals surface area contributed by atoms with Crippen molar-refractivity contribution in [3.63, 3.8) is 0 Å². The third-order valence-corrected chi connectivity index (χ3v) is 2.94. The number of carbonyl (C=O) groups is 1. The van der Waals surface area contributed by atoms with Crippen molar-refractivity contribution >= 4 is 5.91 Å². The monoisotopic (exact) mass is 249 g/mol. The molecule has 0 heterocycles. The summed E-state index contributed by atoms with van der Waals surface area (Å²) < 4.78 is 0. The Morgan fingerprint density at radius 1 is 1.39 bits per heavy atom. The molecule has 0 aromatic heterocycles. The van der Waals surface area contributed by atoms with Crippen LogP contribution >= 0.6 is 0 Å². The number of nitrogens with two attached hydrogens (primary N) is 1. The van der Waals surface area contributed by atoms with E-state index in [4.69, 9.17) is 5.73 Å². The van der Waals surface area contributed by atoms with Gasteiger partial charge in [-0.05, 0) is 24.6 Å². The molecule has 100 valence electrons. The number of hydrogen-bond donors (Lipinski definition) is 2. The first-order valence-corrected chi connectivity index (χ1v) is 6.41. The molecule has 0 saturated heterocycles. The zero-order valence-electron chi connectivity index (χ0n) is 11.3. The predicted molar refractivity (Wildman–Crippen MR) is 74.2 cm³/mol. The summed E-state index contributed by atoms with van der Waals surface area (Å²) in [6, 6.07) is 8.27. The molecule has 0 aliphatic carbocycles. The number of rotatable bonds is 7. The third-order valence-electron chi connectivity index (χ3n) is 2.94. The molecule has 0 fully saturated rings. The summed E-state index contributed by atoms with van der Waals surface area (Å²) in [5.74, 6) is 0.0379. The van der Waals surface area contributed by atoms with Crippen molar-refractivity contribution in [1.82, 2.24) is 10.2 Å². The van der Waals surface area contributed by atoms with Crippen LogP contribution in [0, 0.1) is 6.92 Å². The number of carbonyl (C=O) groups excluding carboxylic acids is 1. The van der Waals surface area contributed by atoms with Crippen molar-refractivity contribution in [1.29, 1.82) is 0 Å². The maximum absolute atomic E-state index is 11.6. The van der Waals surface area contributed by atoms with Gasteiger partial charge < -0.3 is 11.1 Å². The second-order valence-electron chi connectivity index (χ2n) is 4.37. The largest absolute Gasteiger partial charge is 0.354 e. The highest BCUT2D eigenvalue weighted by molar-refractivity contribution is 5.77. The van der Waals surface area contributed by atoms with Crippen LogP contribution in [0.25, 0.3) is 0 Å². The predicted octanol–water partition coefficient (Wildman–Crippen LogP) is 0.892. The van der Waals surface area contributed by atoms with Gasteiger partial charge in [0.25, 0.3) is 0 Å². The van der Waals surface area contributed by atoms with E-state index in [2.05, 4.69) is 36.2 Å². The number of benzene rings is 1. The summed E-state index contributed by atoms with van der Waals surface area (Å²) in [6.07, 6.45) is 0. The van der Waals surface area contributed by atoms with E-state index in [1.54, 1.807) is 0 Å². The van der Waals surface area contributed by atoms with Gasteiger partial charge in [0.05, 0.1) is 6.54 Å². The van der Waals surface area contributed by atoms with Gasteiger partial charge in [-0.1, -0.05) is 31.2 Å². The molecule has 4 nitrogen and oxygen atoms in total. The average Bonchev–Trinajstić information content (AvgIpc) is 2.38. The minimum absolute atomic E-state index is 0.0379. The van der Waals surface area contributed by atoms with Gasteiger partial charge in [0.2, 0.25) is 5.91 Å². The molecule has 0 aliphatic rings.